The molecule has 0 unspecified atom stereocenters. The van der Waals surface area contributed by atoms with Gasteiger partial charge in [0.2, 0.25) is 5.91 Å². The van der Waals surface area contributed by atoms with Crippen LogP contribution in [0, 0.1) is 0 Å². The molecule has 0 aliphatic carbocycles. The van der Waals surface area contributed by atoms with Crippen molar-refractivity contribution in [2.45, 2.75) is 24.2 Å². The van der Waals surface area contributed by atoms with Crippen molar-refractivity contribution in [1.82, 2.24) is 5.32 Å². The average molecular weight is 331 g/mol. The largest absolute Gasteiger partial charge is 0.370 e. The lowest BCUT2D eigenvalue weighted by molar-refractivity contribution is -0.118. The zero-order chi connectivity index (χ0) is 13.5. The lowest BCUT2D eigenvalue weighted by Crippen LogP contribution is -2.25. The molecule has 2 amide bonds. The SMILES string of the molecule is NC(=O)CCCCNC(=O)c1cc(S)ccc1Br. The van der Waals surface area contributed by atoms with Gasteiger partial charge >= 0.3 is 0 Å². The van der Waals surface area contributed by atoms with Gasteiger partial charge in [-0.25, -0.2) is 0 Å². The Labute approximate surface area is 120 Å². The first-order chi connectivity index (χ1) is 8.50. The van der Waals surface area contributed by atoms with Gasteiger partial charge in [-0.05, 0) is 47.0 Å². The summed E-state index contributed by atoms with van der Waals surface area (Å²) in [6.07, 6.45) is 1.77. The van der Waals surface area contributed by atoms with E-state index in [0.717, 1.165) is 15.8 Å². The molecule has 0 heterocycles. The molecule has 1 aromatic carbocycles. The predicted octanol–water partition coefficient (Wildman–Crippen LogP) is 2.12. The standard InChI is InChI=1S/C12H15BrN2O2S/c13-10-5-4-8(18)7-9(10)12(17)15-6-2-1-3-11(14)16/h4-5,7,18H,1-3,6H2,(H2,14,16)(H,15,17). The molecule has 0 atom stereocenters. The quantitative estimate of drug-likeness (QED) is 0.552. The molecular weight excluding hydrogens is 316 g/mol. The molecule has 1 rings (SSSR count). The summed E-state index contributed by atoms with van der Waals surface area (Å²) >= 11 is 7.51. The Morgan fingerprint density at radius 1 is 1.33 bits per heavy atom. The third-order valence-electron chi connectivity index (χ3n) is 2.33. The number of hydrogen-bond donors (Lipinski definition) is 3. The van der Waals surface area contributed by atoms with E-state index in [2.05, 4.69) is 33.9 Å². The summed E-state index contributed by atoms with van der Waals surface area (Å²) in [5.74, 6) is -0.469. The Kier molecular flexibility index (Phi) is 6.21. The fourth-order valence-corrected chi connectivity index (χ4v) is 2.04. The molecule has 3 N–H and O–H groups in total. The van der Waals surface area contributed by atoms with E-state index in [-0.39, 0.29) is 11.8 Å². The summed E-state index contributed by atoms with van der Waals surface area (Å²) in [7, 11) is 0. The maximum atomic E-state index is 11.8. The van der Waals surface area contributed by atoms with Crippen LogP contribution in [0.3, 0.4) is 0 Å². The van der Waals surface area contributed by atoms with Gasteiger partial charge in [0.25, 0.3) is 5.91 Å². The summed E-state index contributed by atoms with van der Waals surface area (Å²) in [5, 5.41) is 2.79. The molecule has 1 aromatic rings. The minimum atomic E-state index is -0.313. The summed E-state index contributed by atoms with van der Waals surface area (Å²) < 4.78 is 0.731. The fourth-order valence-electron chi connectivity index (χ4n) is 1.41. The van der Waals surface area contributed by atoms with E-state index in [1.807, 2.05) is 0 Å². The molecule has 0 saturated heterocycles. The van der Waals surface area contributed by atoms with Crippen LogP contribution in [0.5, 0.6) is 0 Å². The number of amides is 2. The molecule has 0 aliphatic heterocycles. The Morgan fingerprint density at radius 2 is 2.06 bits per heavy atom. The van der Waals surface area contributed by atoms with E-state index < -0.39 is 0 Å². The van der Waals surface area contributed by atoms with E-state index in [1.165, 1.54) is 0 Å². The maximum absolute atomic E-state index is 11.8. The first kappa shape index (κ1) is 15.0. The zero-order valence-electron chi connectivity index (χ0n) is 9.78. The molecule has 0 fully saturated rings. The molecule has 18 heavy (non-hydrogen) atoms. The monoisotopic (exact) mass is 330 g/mol. The van der Waals surface area contributed by atoms with Crippen LogP contribution in [0.15, 0.2) is 27.6 Å². The van der Waals surface area contributed by atoms with Crippen molar-refractivity contribution in [2.24, 2.45) is 5.73 Å². The minimum absolute atomic E-state index is 0.156. The molecule has 0 radical (unpaired) electrons. The second kappa shape index (κ2) is 7.43. The van der Waals surface area contributed by atoms with Crippen molar-refractivity contribution in [3.8, 4) is 0 Å². The number of nitrogens with one attached hydrogen (secondary N) is 1. The number of carbonyl (C=O) groups is 2. The summed E-state index contributed by atoms with van der Waals surface area (Å²) in [4.78, 5) is 23.1. The fraction of sp³-hybridized carbons (Fsp3) is 0.333. The van der Waals surface area contributed by atoms with Crippen LogP contribution in [-0.2, 0) is 4.79 Å². The lowest BCUT2D eigenvalue weighted by atomic mass is 10.2. The van der Waals surface area contributed by atoms with Crippen molar-refractivity contribution >= 4 is 40.4 Å². The van der Waals surface area contributed by atoms with Crippen LogP contribution in [0.4, 0.5) is 0 Å². The van der Waals surface area contributed by atoms with E-state index in [4.69, 9.17) is 5.73 Å². The van der Waals surface area contributed by atoms with Crippen LogP contribution in [0.2, 0.25) is 0 Å². The van der Waals surface area contributed by atoms with E-state index in [1.54, 1.807) is 18.2 Å². The smallest absolute Gasteiger partial charge is 0.252 e. The minimum Gasteiger partial charge on any atom is -0.370 e. The Bertz CT molecular complexity index is 452. The van der Waals surface area contributed by atoms with Crippen LogP contribution >= 0.6 is 28.6 Å². The predicted molar refractivity (Wildman–Crippen MR) is 76.8 cm³/mol. The second-order valence-electron chi connectivity index (χ2n) is 3.84. The molecule has 6 heteroatoms. The number of thiol groups is 1. The number of halogens is 1. The van der Waals surface area contributed by atoms with Crippen molar-refractivity contribution in [1.29, 1.82) is 0 Å². The Balaban J connectivity index is 2.41. The summed E-state index contributed by atoms with van der Waals surface area (Å²) in [6.45, 7) is 0.523. The number of benzene rings is 1. The van der Waals surface area contributed by atoms with Gasteiger partial charge < -0.3 is 11.1 Å². The molecule has 98 valence electrons. The Hall–Kier alpha value is -1.01. The average Bonchev–Trinajstić information content (AvgIpc) is 2.31. The van der Waals surface area contributed by atoms with E-state index in [0.29, 0.717) is 24.9 Å². The van der Waals surface area contributed by atoms with Gasteiger partial charge in [-0.15, -0.1) is 12.6 Å². The number of nitrogens with two attached hydrogens (primary N) is 1. The number of carbonyl (C=O) groups excluding carboxylic acids is 2. The third kappa shape index (κ3) is 5.10. The third-order valence-corrected chi connectivity index (χ3v) is 3.30. The highest BCUT2D eigenvalue weighted by atomic mass is 79.9. The molecular formula is C12H15BrN2O2S. The van der Waals surface area contributed by atoms with Crippen LogP contribution in [-0.4, -0.2) is 18.4 Å². The normalized spacial score (nSPS) is 10.1. The Morgan fingerprint density at radius 3 is 2.72 bits per heavy atom. The van der Waals surface area contributed by atoms with Gasteiger partial charge in [-0.2, -0.15) is 0 Å². The lowest BCUT2D eigenvalue weighted by Gasteiger charge is -2.07. The van der Waals surface area contributed by atoms with Gasteiger partial charge in [-0.1, -0.05) is 0 Å². The van der Waals surface area contributed by atoms with Crippen molar-refractivity contribution in [3.05, 3.63) is 28.2 Å². The van der Waals surface area contributed by atoms with Gasteiger partial charge in [0, 0.05) is 22.3 Å². The summed E-state index contributed by atoms with van der Waals surface area (Å²) in [6, 6.07) is 5.28. The first-order valence-electron chi connectivity index (χ1n) is 5.55. The topological polar surface area (TPSA) is 72.2 Å². The summed E-state index contributed by atoms with van der Waals surface area (Å²) in [5.41, 5.74) is 5.57. The molecule has 4 nitrogen and oxygen atoms in total. The van der Waals surface area contributed by atoms with E-state index in [9.17, 15) is 9.59 Å². The highest BCUT2D eigenvalue weighted by Gasteiger charge is 2.09. The molecule has 0 aromatic heterocycles. The molecule has 0 bridgehead atoms. The second-order valence-corrected chi connectivity index (χ2v) is 5.21. The van der Waals surface area contributed by atoms with Crippen molar-refractivity contribution in [2.75, 3.05) is 6.54 Å². The van der Waals surface area contributed by atoms with Gasteiger partial charge in [0.1, 0.15) is 0 Å². The highest BCUT2D eigenvalue weighted by Crippen LogP contribution is 2.20. The van der Waals surface area contributed by atoms with Gasteiger partial charge in [-0.3, -0.25) is 9.59 Å². The molecule has 0 spiro atoms. The number of hydrogen-bond acceptors (Lipinski definition) is 3. The molecule has 0 aliphatic rings. The van der Waals surface area contributed by atoms with E-state index >= 15 is 0 Å². The van der Waals surface area contributed by atoms with Crippen LogP contribution in [0.1, 0.15) is 29.6 Å². The van der Waals surface area contributed by atoms with Crippen molar-refractivity contribution < 1.29 is 9.59 Å². The van der Waals surface area contributed by atoms with Crippen LogP contribution < -0.4 is 11.1 Å². The zero-order valence-corrected chi connectivity index (χ0v) is 12.3. The van der Waals surface area contributed by atoms with Gasteiger partial charge in [0.05, 0.1) is 5.56 Å². The highest BCUT2D eigenvalue weighted by molar-refractivity contribution is 9.10. The maximum Gasteiger partial charge on any atom is 0.252 e. The number of primary amides is 1. The number of unbranched alkanes of at least 4 members (excludes halogenated alkanes) is 1. The number of rotatable bonds is 6. The van der Waals surface area contributed by atoms with Crippen LogP contribution in [0.25, 0.3) is 0 Å². The van der Waals surface area contributed by atoms with Crippen molar-refractivity contribution in [3.63, 3.8) is 0 Å². The molecule has 0 saturated carbocycles. The van der Waals surface area contributed by atoms with Gasteiger partial charge in [0.15, 0.2) is 0 Å². The first-order valence-corrected chi connectivity index (χ1v) is 6.79.